The standard InChI is InChI=1S/C70H123N2O6P/c1-6-8-10-12-14-16-18-20-22-24-26-28-30-31-32-33-34-35-36-37-38-39-40-41-42-44-46-48-50-52-54-56-58-60-62-64-70(74)71-68(67-78-79(75,76)77-66-65-72(3,4)5)69(73)63-61-59-57-55-53-51-49-47-45-43-29-27-25-23-21-19-17-15-13-11-9-7-2/h8,10,14,16,20,22,26,28,31-32,34-35,37-38,40-41,53,55,61,63,68-69,73H,6-7,9,11-13,15,17-19,21,23-25,27,29-30,33,36,39,42-52,54,56-60,62,64-67H2,1-5H3,(H-,71,74,75,76)/p+1/b10-8-,16-14-,22-20-,28-26-,32-31-,35-34-,38-37-,41-40-,55-53+,63-61+. The van der Waals surface area contributed by atoms with E-state index in [0.717, 1.165) is 96.3 Å². The van der Waals surface area contributed by atoms with Gasteiger partial charge in [-0.2, -0.15) is 0 Å². The smallest absolute Gasteiger partial charge is 0.387 e. The van der Waals surface area contributed by atoms with Gasteiger partial charge in [0, 0.05) is 6.42 Å². The van der Waals surface area contributed by atoms with E-state index in [0.29, 0.717) is 17.4 Å². The topological polar surface area (TPSA) is 105 Å². The Bertz CT molecular complexity index is 1700. The number of unbranched alkanes of at least 4 members (excludes halogenated alkanes) is 27. The summed E-state index contributed by atoms with van der Waals surface area (Å²) in [4.78, 5) is 23.4. The maximum absolute atomic E-state index is 13.0. The first-order chi connectivity index (χ1) is 38.5. The van der Waals surface area contributed by atoms with Crippen molar-refractivity contribution in [2.24, 2.45) is 0 Å². The number of carbonyl (C=O) groups excluding carboxylic acids is 1. The largest absolute Gasteiger partial charge is 0.472 e. The number of quaternary nitrogens is 1. The van der Waals surface area contributed by atoms with Crippen LogP contribution in [-0.2, 0) is 18.4 Å². The Morgan fingerprint density at radius 1 is 0.443 bits per heavy atom. The van der Waals surface area contributed by atoms with Gasteiger partial charge in [-0.05, 0) is 96.3 Å². The number of hydrogen-bond donors (Lipinski definition) is 3. The minimum Gasteiger partial charge on any atom is -0.387 e. The number of aliphatic hydroxyl groups excluding tert-OH is 1. The predicted molar refractivity (Wildman–Crippen MR) is 345 cm³/mol. The molecular formula is C70H124N2O6P+. The Labute approximate surface area is 488 Å². The first-order valence-electron chi connectivity index (χ1n) is 32.4. The molecule has 0 saturated carbocycles. The van der Waals surface area contributed by atoms with Crippen molar-refractivity contribution in [3.05, 3.63) is 122 Å². The van der Waals surface area contributed by atoms with Crippen LogP contribution in [0, 0.1) is 0 Å². The van der Waals surface area contributed by atoms with Gasteiger partial charge < -0.3 is 19.8 Å². The molecule has 3 unspecified atom stereocenters. The number of phosphoric acid groups is 1. The number of aliphatic hydroxyl groups is 1. The predicted octanol–water partition coefficient (Wildman–Crippen LogP) is 20.5. The minimum atomic E-state index is -4.37. The van der Waals surface area contributed by atoms with Crippen molar-refractivity contribution in [3.8, 4) is 0 Å². The summed E-state index contributed by atoms with van der Waals surface area (Å²) in [6.45, 7) is 4.69. The molecule has 0 aromatic carbocycles. The molecule has 3 atom stereocenters. The van der Waals surface area contributed by atoms with E-state index < -0.39 is 20.0 Å². The number of phosphoric ester groups is 1. The van der Waals surface area contributed by atoms with Crippen LogP contribution in [0.15, 0.2) is 122 Å². The van der Waals surface area contributed by atoms with E-state index in [2.05, 4.69) is 129 Å². The molecule has 0 radical (unpaired) electrons. The lowest BCUT2D eigenvalue weighted by Gasteiger charge is -2.25. The number of allylic oxidation sites excluding steroid dienone is 19. The molecular weight excluding hydrogens is 996 g/mol. The second kappa shape index (κ2) is 59.5. The van der Waals surface area contributed by atoms with Gasteiger partial charge in [-0.25, -0.2) is 4.57 Å². The highest BCUT2D eigenvalue weighted by Gasteiger charge is 2.27. The van der Waals surface area contributed by atoms with Crippen LogP contribution in [0.3, 0.4) is 0 Å². The molecule has 0 aliphatic carbocycles. The van der Waals surface area contributed by atoms with Gasteiger partial charge in [-0.1, -0.05) is 283 Å². The third-order valence-corrected chi connectivity index (χ3v) is 14.9. The number of amides is 1. The molecule has 0 bridgehead atoms. The second-order valence-corrected chi connectivity index (χ2v) is 24.2. The second-order valence-electron chi connectivity index (χ2n) is 22.7. The molecule has 454 valence electrons. The zero-order chi connectivity index (χ0) is 57.7. The minimum absolute atomic E-state index is 0.0500. The van der Waals surface area contributed by atoms with Crippen molar-refractivity contribution in [3.63, 3.8) is 0 Å². The van der Waals surface area contributed by atoms with Crippen LogP contribution >= 0.6 is 7.82 Å². The Morgan fingerprint density at radius 3 is 1.16 bits per heavy atom. The molecule has 0 heterocycles. The molecule has 0 aromatic heterocycles. The van der Waals surface area contributed by atoms with Crippen molar-refractivity contribution < 1.29 is 32.9 Å². The third-order valence-electron chi connectivity index (χ3n) is 13.9. The lowest BCUT2D eigenvalue weighted by Crippen LogP contribution is -2.45. The maximum atomic E-state index is 13.0. The van der Waals surface area contributed by atoms with E-state index in [-0.39, 0.29) is 19.1 Å². The number of rotatable bonds is 58. The fraction of sp³-hybridized carbons (Fsp3) is 0.700. The Hall–Kier alpha value is -3.10. The first-order valence-corrected chi connectivity index (χ1v) is 33.9. The van der Waals surface area contributed by atoms with Gasteiger partial charge in [-0.15, -0.1) is 0 Å². The van der Waals surface area contributed by atoms with Crippen molar-refractivity contribution in [1.82, 2.24) is 5.32 Å². The Balaban J connectivity index is 4.20. The molecule has 0 aliphatic rings. The van der Waals surface area contributed by atoms with Gasteiger partial charge in [0.2, 0.25) is 5.91 Å². The molecule has 0 aromatic rings. The SMILES string of the molecule is CC/C=C\C/C=C\C/C=C\C/C=C\C/C=C\C/C=C\C/C=C\C/C=C\CCCCCCCCCCCCC(=O)NC(COP(=O)(O)OCC[N+](C)(C)C)C(O)/C=C/CC/C=C/CCCCCCCCCCCCCCCCCC. The summed E-state index contributed by atoms with van der Waals surface area (Å²) in [6, 6.07) is -0.875. The molecule has 0 aliphatic heterocycles. The van der Waals surface area contributed by atoms with E-state index in [9.17, 15) is 19.4 Å². The van der Waals surface area contributed by atoms with Gasteiger partial charge >= 0.3 is 7.82 Å². The zero-order valence-electron chi connectivity index (χ0n) is 51.8. The molecule has 1 amide bonds. The van der Waals surface area contributed by atoms with Crippen molar-refractivity contribution in [2.75, 3.05) is 40.9 Å². The molecule has 79 heavy (non-hydrogen) atoms. The van der Waals surface area contributed by atoms with E-state index in [1.165, 1.54) is 148 Å². The van der Waals surface area contributed by atoms with Gasteiger partial charge in [0.05, 0.1) is 39.9 Å². The third kappa shape index (κ3) is 62.4. The number of carbonyl (C=O) groups is 1. The first kappa shape index (κ1) is 75.9. The average Bonchev–Trinajstić information content (AvgIpc) is 3.42. The highest BCUT2D eigenvalue weighted by atomic mass is 31.2. The zero-order valence-corrected chi connectivity index (χ0v) is 52.7. The Kier molecular flexibility index (Phi) is 57.2. The van der Waals surface area contributed by atoms with Crippen LogP contribution in [-0.4, -0.2) is 73.4 Å². The molecule has 0 rings (SSSR count). The summed E-state index contributed by atoms with van der Waals surface area (Å²) in [5.74, 6) is -0.194. The normalized spacial score (nSPS) is 14.6. The maximum Gasteiger partial charge on any atom is 0.472 e. The van der Waals surface area contributed by atoms with Gasteiger partial charge in [0.15, 0.2) is 0 Å². The molecule has 0 fully saturated rings. The van der Waals surface area contributed by atoms with Crippen LogP contribution in [0.4, 0.5) is 0 Å². The molecule has 3 N–H and O–H groups in total. The highest BCUT2D eigenvalue weighted by Crippen LogP contribution is 2.43. The quantitative estimate of drug-likeness (QED) is 0.0243. The fourth-order valence-electron chi connectivity index (χ4n) is 8.90. The number of hydrogen-bond acceptors (Lipinski definition) is 5. The van der Waals surface area contributed by atoms with Crippen LogP contribution < -0.4 is 5.32 Å². The average molecular weight is 1120 g/mol. The molecule has 0 spiro atoms. The monoisotopic (exact) mass is 1120 g/mol. The summed E-state index contributed by atoms with van der Waals surface area (Å²) >= 11 is 0. The summed E-state index contributed by atoms with van der Waals surface area (Å²) in [7, 11) is 1.54. The molecule has 8 nitrogen and oxygen atoms in total. The highest BCUT2D eigenvalue weighted by molar-refractivity contribution is 7.47. The van der Waals surface area contributed by atoms with Crippen molar-refractivity contribution in [2.45, 2.75) is 276 Å². The van der Waals surface area contributed by atoms with E-state index >= 15 is 0 Å². The van der Waals surface area contributed by atoms with Crippen LogP contribution in [0.25, 0.3) is 0 Å². The van der Waals surface area contributed by atoms with Crippen LogP contribution in [0.1, 0.15) is 264 Å². The lowest BCUT2D eigenvalue weighted by molar-refractivity contribution is -0.870. The van der Waals surface area contributed by atoms with Gasteiger partial charge in [0.1, 0.15) is 13.2 Å². The fourth-order valence-corrected chi connectivity index (χ4v) is 9.63. The van der Waals surface area contributed by atoms with Crippen LogP contribution in [0.5, 0.6) is 0 Å². The van der Waals surface area contributed by atoms with Crippen molar-refractivity contribution >= 4 is 13.7 Å². The van der Waals surface area contributed by atoms with E-state index in [1.54, 1.807) is 6.08 Å². The number of nitrogens with one attached hydrogen (secondary N) is 1. The number of nitrogens with zero attached hydrogens (tertiary/aromatic N) is 1. The summed E-state index contributed by atoms with van der Waals surface area (Å²) in [5.41, 5.74) is 0. The van der Waals surface area contributed by atoms with Gasteiger partial charge in [-0.3, -0.25) is 13.8 Å². The van der Waals surface area contributed by atoms with Crippen molar-refractivity contribution in [1.29, 1.82) is 0 Å². The van der Waals surface area contributed by atoms with E-state index in [1.807, 2.05) is 27.2 Å². The van der Waals surface area contributed by atoms with Gasteiger partial charge in [0.25, 0.3) is 0 Å². The lowest BCUT2D eigenvalue weighted by atomic mass is 10.0. The summed E-state index contributed by atoms with van der Waals surface area (Å²) in [6.07, 6.45) is 88.9. The molecule has 9 heteroatoms. The summed E-state index contributed by atoms with van der Waals surface area (Å²) in [5, 5.41) is 14.0. The Morgan fingerprint density at radius 2 is 0.772 bits per heavy atom. The van der Waals surface area contributed by atoms with E-state index in [4.69, 9.17) is 9.05 Å². The molecule has 0 saturated heterocycles. The summed E-state index contributed by atoms with van der Waals surface area (Å²) < 4.78 is 23.7. The number of likely N-dealkylation sites (N-methyl/N-ethyl adjacent to an activating group) is 1. The van der Waals surface area contributed by atoms with Crippen LogP contribution in [0.2, 0.25) is 0 Å².